The lowest BCUT2D eigenvalue weighted by atomic mass is 9.32. The van der Waals surface area contributed by atoms with Crippen molar-refractivity contribution in [1.29, 1.82) is 0 Å². The molecule has 6 fully saturated rings. The number of aliphatic carboxylic acids is 1. The van der Waals surface area contributed by atoms with Crippen LogP contribution in [0.2, 0.25) is 0 Å². The molecule has 5 aliphatic carbocycles. The molecule has 0 amide bonds. The van der Waals surface area contributed by atoms with E-state index in [4.69, 9.17) is 5.11 Å². The highest BCUT2D eigenvalue weighted by Gasteiger charge is 2.70. The van der Waals surface area contributed by atoms with Crippen LogP contribution in [0.15, 0.2) is 11.6 Å². The number of hydrogen-bond donors (Lipinski definition) is 2. The third kappa shape index (κ3) is 6.18. The van der Waals surface area contributed by atoms with Crippen molar-refractivity contribution in [3.8, 4) is 0 Å². The fourth-order valence-electron chi connectivity index (χ4n) is 14.1. The Labute approximate surface area is 294 Å². The molecule has 0 aromatic rings. The minimum atomic E-state index is -2.83. The van der Waals surface area contributed by atoms with E-state index < -0.39 is 15.8 Å². The van der Waals surface area contributed by atoms with Gasteiger partial charge >= 0.3 is 5.97 Å². The van der Waals surface area contributed by atoms with Crippen molar-refractivity contribution < 1.29 is 18.3 Å². The predicted molar refractivity (Wildman–Crippen MR) is 197 cm³/mol. The molecule has 6 aliphatic rings. The average Bonchev–Trinajstić information content (AvgIpc) is 3.39. The molecule has 274 valence electrons. The molecule has 5 saturated carbocycles. The molecular formula is C41H70N2O4S. The van der Waals surface area contributed by atoms with Crippen molar-refractivity contribution in [1.82, 2.24) is 10.2 Å². The number of nitrogens with zero attached hydrogens (tertiary/aromatic N) is 1. The van der Waals surface area contributed by atoms with Crippen LogP contribution >= 0.6 is 0 Å². The number of sulfone groups is 1. The van der Waals surface area contributed by atoms with Gasteiger partial charge in [-0.1, -0.05) is 60.1 Å². The summed E-state index contributed by atoms with van der Waals surface area (Å²) in [6, 6.07) is 0. The van der Waals surface area contributed by atoms with Crippen LogP contribution in [0.4, 0.5) is 0 Å². The molecular weight excluding hydrogens is 617 g/mol. The highest BCUT2D eigenvalue weighted by Crippen LogP contribution is 2.77. The first-order chi connectivity index (χ1) is 22.5. The van der Waals surface area contributed by atoms with E-state index in [0.29, 0.717) is 52.2 Å². The minimum Gasteiger partial charge on any atom is -0.481 e. The lowest BCUT2D eigenvalue weighted by molar-refractivity contribution is -0.233. The lowest BCUT2D eigenvalue weighted by Crippen LogP contribution is -2.66. The fourth-order valence-corrected chi connectivity index (χ4v) is 15.4. The third-order valence-electron chi connectivity index (χ3n) is 16.9. The van der Waals surface area contributed by atoms with E-state index >= 15 is 0 Å². The number of carbonyl (C=O) groups is 1. The van der Waals surface area contributed by atoms with E-state index in [-0.39, 0.29) is 11.8 Å². The van der Waals surface area contributed by atoms with Crippen molar-refractivity contribution in [2.45, 2.75) is 132 Å². The number of rotatable bonds is 10. The summed E-state index contributed by atoms with van der Waals surface area (Å²) in [5.41, 5.74) is 3.30. The normalized spacial score (nSPS) is 44.5. The summed E-state index contributed by atoms with van der Waals surface area (Å²) in [6.07, 6.45) is 17.8. The number of hydrogen-bond acceptors (Lipinski definition) is 5. The number of carboxylic acids is 1. The average molecular weight is 687 g/mol. The number of unbranched alkanes of at least 4 members (excludes halogenated alkanes) is 1. The van der Waals surface area contributed by atoms with Gasteiger partial charge in [0, 0.05) is 39.1 Å². The molecule has 0 aromatic carbocycles. The number of allylic oxidation sites excluding steroid dienone is 2. The number of nitrogens with one attached hydrogen (secondary N) is 1. The quantitative estimate of drug-likeness (QED) is 0.178. The maximum Gasteiger partial charge on any atom is 0.303 e. The van der Waals surface area contributed by atoms with Gasteiger partial charge in [-0.15, -0.1) is 0 Å². The maximum atomic E-state index is 11.9. The zero-order valence-electron chi connectivity index (χ0n) is 31.7. The van der Waals surface area contributed by atoms with E-state index in [1.165, 1.54) is 64.2 Å². The van der Waals surface area contributed by atoms with Crippen molar-refractivity contribution >= 4 is 15.8 Å². The Hall–Kier alpha value is -0.920. The van der Waals surface area contributed by atoms with Gasteiger partial charge in [0.2, 0.25) is 0 Å². The summed E-state index contributed by atoms with van der Waals surface area (Å²) in [5, 5.41) is 13.1. The van der Waals surface area contributed by atoms with Crippen LogP contribution in [0.1, 0.15) is 132 Å². The van der Waals surface area contributed by atoms with Gasteiger partial charge in [-0.25, -0.2) is 8.42 Å². The van der Waals surface area contributed by atoms with E-state index in [1.807, 2.05) is 0 Å². The molecule has 2 N–H and O–H groups in total. The molecule has 1 aliphatic heterocycles. The van der Waals surface area contributed by atoms with E-state index in [0.717, 1.165) is 62.1 Å². The SMILES string of the molecule is CC(C)[C@@H]1CCC2(CNCCN3CCS(=O)(=O)CC3)CC[C@]3(C)[C@H](CC[C@@H]4[C@@]5(C)CC/C(=C\CCCC(=O)O)C(C)(C)[C@@H]5CC[C@]43C)[C@@H]12. The molecule has 6 rings (SSSR count). The zero-order valence-corrected chi connectivity index (χ0v) is 32.5. The first-order valence-corrected chi connectivity index (χ1v) is 21.9. The summed E-state index contributed by atoms with van der Waals surface area (Å²) < 4.78 is 23.8. The van der Waals surface area contributed by atoms with Gasteiger partial charge in [0.15, 0.2) is 9.84 Å². The van der Waals surface area contributed by atoms with Crippen LogP contribution in [-0.4, -0.2) is 68.6 Å². The second kappa shape index (κ2) is 13.2. The minimum absolute atomic E-state index is 0.180. The molecule has 9 atom stereocenters. The highest BCUT2D eigenvalue weighted by molar-refractivity contribution is 7.91. The van der Waals surface area contributed by atoms with Crippen molar-refractivity contribution in [2.24, 2.45) is 62.6 Å². The molecule has 1 heterocycles. The first-order valence-electron chi connectivity index (χ1n) is 20.0. The second-order valence-electron chi connectivity index (χ2n) is 19.4. The van der Waals surface area contributed by atoms with Crippen molar-refractivity contribution in [2.75, 3.05) is 44.2 Å². The fraction of sp³-hybridized carbons (Fsp3) is 0.927. The summed E-state index contributed by atoms with van der Waals surface area (Å²) >= 11 is 0. The Bertz CT molecular complexity index is 1330. The van der Waals surface area contributed by atoms with Crippen LogP contribution in [0.25, 0.3) is 0 Å². The molecule has 0 bridgehead atoms. The van der Waals surface area contributed by atoms with Gasteiger partial charge in [-0.05, 0) is 140 Å². The zero-order chi connectivity index (χ0) is 34.8. The molecule has 1 unspecified atom stereocenters. The Morgan fingerprint density at radius 3 is 2.35 bits per heavy atom. The van der Waals surface area contributed by atoms with Crippen LogP contribution < -0.4 is 5.32 Å². The lowest BCUT2D eigenvalue weighted by Gasteiger charge is -2.73. The van der Waals surface area contributed by atoms with Crippen LogP contribution in [-0.2, 0) is 14.6 Å². The predicted octanol–water partition coefficient (Wildman–Crippen LogP) is 8.23. The Morgan fingerprint density at radius 2 is 1.67 bits per heavy atom. The van der Waals surface area contributed by atoms with Gasteiger partial charge < -0.3 is 15.3 Å². The molecule has 0 radical (unpaired) electrons. The summed E-state index contributed by atoms with van der Waals surface area (Å²) in [4.78, 5) is 13.5. The van der Waals surface area contributed by atoms with Gasteiger partial charge in [0.25, 0.3) is 0 Å². The summed E-state index contributed by atoms with van der Waals surface area (Å²) in [7, 11) is -2.83. The van der Waals surface area contributed by atoms with Gasteiger partial charge in [0.1, 0.15) is 0 Å². The summed E-state index contributed by atoms with van der Waals surface area (Å²) in [6.45, 7) is 22.7. The number of carboxylic acid groups (broad SMARTS) is 1. The largest absolute Gasteiger partial charge is 0.481 e. The number of fused-ring (bicyclic) bond motifs is 7. The second-order valence-corrected chi connectivity index (χ2v) is 21.7. The molecule has 0 aromatic heterocycles. The van der Waals surface area contributed by atoms with Gasteiger partial charge in [-0.2, -0.15) is 0 Å². The third-order valence-corrected chi connectivity index (χ3v) is 18.5. The molecule has 7 heteroatoms. The first kappa shape index (κ1) is 36.9. The monoisotopic (exact) mass is 687 g/mol. The van der Waals surface area contributed by atoms with Crippen molar-refractivity contribution in [3.05, 3.63) is 11.6 Å². The van der Waals surface area contributed by atoms with E-state index in [1.54, 1.807) is 5.57 Å². The van der Waals surface area contributed by atoms with Gasteiger partial charge in [-0.3, -0.25) is 4.79 Å². The van der Waals surface area contributed by atoms with Crippen LogP contribution in [0.5, 0.6) is 0 Å². The molecule has 1 saturated heterocycles. The van der Waals surface area contributed by atoms with E-state index in [2.05, 4.69) is 64.8 Å². The Kier molecular flexibility index (Phi) is 10.2. The topological polar surface area (TPSA) is 86.7 Å². The maximum absolute atomic E-state index is 11.9. The molecule has 48 heavy (non-hydrogen) atoms. The smallest absolute Gasteiger partial charge is 0.303 e. The summed E-state index contributed by atoms with van der Waals surface area (Å²) in [5.74, 6) is 4.58. The molecule has 0 spiro atoms. The standard InChI is InChI=1S/C41H70N2O4S/c1-29(2)31-15-19-41(28-42-22-23-43-24-26-48(46,47)27-25-43)21-20-39(6)32(36(31)41)12-13-34-38(5)17-14-30(10-8-9-11-35(44)45)37(3,4)33(38)16-18-40(34,39)7/h10,29,31-34,36,42H,8-9,11-28H2,1-7H3,(H,44,45)/b30-10+/t31-,32+,33-,34+,36+,38-,39+,40+,41?/m0/s1. The molecule has 6 nitrogen and oxygen atoms in total. The van der Waals surface area contributed by atoms with Crippen LogP contribution in [0, 0.1) is 62.6 Å². The highest BCUT2D eigenvalue weighted by atomic mass is 32.2. The Morgan fingerprint density at radius 1 is 0.938 bits per heavy atom. The van der Waals surface area contributed by atoms with E-state index in [9.17, 15) is 13.2 Å². The van der Waals surface area contributed by atoms with Crippen molar-refractivity contribution in [3.63, 3.8) is 0 Å². The van der Waals surface area contributed by atoms with Crippen LogP contribution in [0.3, 0.4) is 0 Å². The van der Waals surface area contributed by atoms with Gasteiger partial charge in [0.05, 0.1) is 11.5 Å². The Balaban J connectivity index is 1.19.